The molecule has 0 aromatic heterocycles. The Kier molecular flexibility index (Phi) is 8.16. The molecule has 2 N–H and O–H groups in total. The molecule has 0 fully saturated rings. The highest BCUT2D eigenvalue weighted by Gasteiger charge is 2.23. The average molecular weight is 388 g/mol. The van der Waals surface area contributed by atoms with Crippen LogP contribution < -0.4 is 5.32 Å². The minimum atomic E-state index is -3.77. The number of rotatable bonds is 10. The van der Waals surface area contributed by atoms with Gasteiger partial charge in [-0.15, -0.1) is 0 Å². The van der Waals surface area contributed by atoms with Gasteiger partial charge in [-0.1, -0.05) is 13.8 Å². The molecule has 0 aliphatic carbocycles. The first-order chi connectivity index (χ1) is 12.0. The van der Waals surface area contributed by atoms with Gasteiger partial charge in [-0.2, -0.15) is 0 Å². The van der Waals surface area contributed by atoms with E-state index in [1.54, 1.807) is 0 Å². The van der Waals surface area contributed by atoms with Crippen LogP contribution in [0.4, 0.5) is 4.39 Å². The number of sulfonamides is 1. The van der Waals surface area contributed by atoms with Crippen molar-refractivity contribution in [3.63, 3.8) is 0 Å². The van der Waals surface area contributed by atoms with E-state index in [0.717, 1.165) is 16.4 Å². The summed E-state index contributed by atoms with van der Waals surface area (Å²) >= 11 is 0. The third kappa shape index (κ3) is 6.72. The molecule has 0 bridgehead atoms. The van der Waals surface area contributed by atoms with Gasteiger partial charge in [0.05, 0.1) is 4.90 Å². The van der Waals surface area contributed by atoms with E-state index in [2.05, 4.69) is 5.32 Å². The largest absolute Gasteiger partial charge is 0.480 e. The van der Waals surface area contributed by atoms with Crippen molar-refractivity contribution in [2.24, 2.45) is 5.92 Å². The highest BCUT2D eigenvalue weighted by molar-refractivity contribution is 7.89. The van der Waals surface area contributed by atoms with E-state index < -0.39 is 33.8 Å². The molecule has 0 radical (unpaired) electrons. The van der Waals surface area contributed by atoms with E-state index in [1.807, 2.05) is 13.8 Å². The molecule has 0 spiro atoms. The molecule has 146 valence electrons. The number of hydrogen-bond acceptors (Lipinski definition) is 4. The van der Waals surface area contributed by atoms with Crippen LogP contribution in [0.1, 0.15) is 33.1 Å². The van der Waals surface area contributed by atoms with E-state index in [4.69, 9.17) is 5.11 Å². The highest BCUT2D eigenvalue weighted by atomic mass is 32.2. The first-order valence-electron chi connectivity index (χ1n) is 8.28. The number of halogens is 1. The maximum atomic E-state index is 12.9. The molecule has 1 amide bonds. The number of benzene rings is 1. The van der Waals surface area contributed by atoms with E-state index in [-0.39, 0.29) is 30.2 Å². The molecule has 0 saturated carbocycles. The van der Waals surface area contributed by atoms with Crippen molar-refractivity contribution in [2.75, 3.05) is 13.6 Å². The molecule has 1 aromatic carbocycles. The summed E-state index contributed by atoms with van der Waals surface area (Å²) in [6.07, 6.45) is 0.557. The monoisotopic (exact) mass is 388 g/mol. The smallest absolute Gasteiger partial charge is 0.326 e. The van der Waals surface area contributed by atoms with Gasteiger partial charge < -0.3 is 10.4 Å². The summed E-state index contributed by atoms with van der Waals surface area (Å²) in [6.45, 7) is 3.80. The van der Waals surface area contributed by atoms with Crippen LogP contribution in [0.25, 0.3) is 0 Å². The Morgan fingerprint density at radius 3 is 2.31 bits per heavy atom. The number of amides is 1. The van der Waals surface area contributed by atoms with Crippen molar-refractivity contribution in [2.45, 2.75) is 44.0 Å². The standard InChI is InChI=1S/C17H25FN2O5S/c1-12(2)11-15(17(22)23)19-16(21)5-4-10-20(3)26(24,25)14-8-6-13(18)7-9-14/h6-9,12,15H,4-5,10-11H2,1-3H3,(H,19,21)(H,22,23)/t15-/m1/s1. The topological polar surface area (TPSA) is 104 Å². The maximum absolute atomic E-state index is 12.9. The number of aliphatic carboxylic acids is 1. The van der Waals surface area contributed by atoms with Crippen molar-refractivity contribution in [1.29, 1.82) is 0 Å². The summed E-state index contributed by atoms with van der Waals surface area (Å²) in [4.78, 5) is 23.0. The highest BCUT2D eigenvalue weighted by Crippen LogP contribution is 2.15. The van der Waals surface area contributed by atoms with Crippen LogP contribution in [-0.4, -0.2) is 49.3 Å². The van der Waals surface area contributed by atoms with Gasteiger partial charge in [0, 0.05) is 20.0 Å². The predicted molar refractivity (Wildman–Crippen MR) is 94.5 cm³/mol. The van der Waals surface area contributed by atoms with Crippen LogP contribution in [0.15, 0.2) is 29.2 Å². The van der Waals surface area contributed by atoms with Crippen molar-refractivity contribution < 1.29 is 27.5 Å². The molecule has 26 heavy (non-hydrogen) atoms. The zero-order valence-electron chi connectivity index (χ0n) is 15.1. The molecule has 1 aromatic rings. The number of carboxylic acid groups (broad SMARTS) is 1. The zero-order valence-corrected chi connectivity index (χ0v) is 15.9. The Balaban J connectivity index is 2.54. The van der Waals surface area contributed by atoms with Crippen LogP contribution in [-0.2, 0) is 19.6 Å². The number of nitrogens with one attached hydrogen (secondary N) is 1. The number of hydrogen-bond donors (Lipinski definition) is 2. The van der Waals surface area contributed by atoms with Crippen molar-refractivity contribution in [3.05, 3.63) is 30.1 Å². The van der Waals surface area contributed by atoms with Gasteiger partial charge in [-0.25, -0.2) is 21.9 Å². The molecule has 0 heterocycles. The van der Waals surface area contributed by atoms with Gasteiger partial charge in [0.15, 0.2) is 0 Å². The molecule has 0 aliphatic heterocycles. The van der Waals surface area contributed by atoms with Crippen molar-refractivity contribution >= 4 is 21.9 Å². The summed E-state index contributed by atoms with van der Waals surface area (Å²) in [5, 5.41) is 11.6. The average Bonchev–Trinajstić information content (AvgIpc) is 2.54. The minimum absolute atomic E-state index is 0.00511. The quantitative estimate of drug-likeness (QED) is 0.637. The lowest BCUT2D eigenvalue weighted by atomic mass is 10.0. The molecule has 0 saturated heterocycles. The maximum Gasteiger partial charge on any atom is 0.326 e. The van der Waals surface area contributed by atoms with Crippen LogP contribution in [0.3, 0.4) is 0 Å². The summed E-state index contributed by atoms with van der Waals surface area (Å²) in [7, 11) is -2.39. The fraction of sp³-hybridized carbons (Fsp3) is 0.529. The fourth-order valence-corrected chi connectivity index (χ4v) is 3.54. The number of carbonyl (C=O) groups is 2. The molecule has 7 nitrogen and oxygen atoms in total. The predicted octanol–water partition coefficient (Wildman–Crippen LogP) is 1.84. The van der Waals surface area contributed by atoms with Crippen LogP contribution in [0.2, 0.25) is 0 Å². The summed E-state index contributed by atoms with van der Waals surface area (Å²) in [5.74, 6) is -1.95. The van der Waals surface area contributed by atoms with Gasteiger partial charge in [0.1, 0.15) is 11.9 Å². The molecule has 1 rings (SSSR count). The molecule has 1 atom stereocenters. The second-order valence-corrected chi connectivity index (χ2v) is 8.52. The van der Waals surface area contributed by atoms with Crippen LogP contribution in [0.5, 0.6) is 0 Å². The van der Waals surface area contributed by atoms with Gasteiger partial charge in [-0.3, -0.25) is 4.79 Å². The summed E-state index contributed by atoms with van der Waals surface area (Å²) < 4.78 is 38.7. The Hall–Kier alpha value is -2.00. The van der Waals surface area contributed by atoms with E-state index in [0.29, 0.717) is 6.42 Å². The number of nitrogens with zero attached hydrogens (tertiary/aromatic N) is 1. The van der Waals surface area contributed by atoms with Gasteiger partial charge in [-0.05, 0) is 43.0 Å². The van der Waals surface area contributed by atoms with E-state index >= 15 is 0 Å². The number of carboxylic acids is 1. The molecular weight excluding hydrogens is 363 g/mol. The van der Waals surface area contributed by atoms with Crippen molar-refractivity contribution in [1.82, 2.24) is 9.62 Å². The SMILES string of the molecule is CC(C)C[C@@H](NC(=O)CCCN(C)S(=O)(=O)c1ccc(F)cc1)C(=O)O. The first kappa shape index (κ1) is 22.0. The second kappa shape index (κ2) is 9.63. The van der Waals surface area contributed by atoms with Gasteiger partial charge in [0.2, 0.25) is 15.9 Å². The lowest BCUT2D eigenvalue weighted by Gasteiger charge is -2.18. The van der Waals surface area contributed by atoms with Crippen molar-refractivity contribution in [3.8, 4) is 0 Å². The van der Waals surface area contributed by atoms with Gasteiger partial charge in [0.25, 0.3) is 0 Å². The molecule has 0 unspecified atom stereocenters. The van der Waals surface area contributed by atoms with Crippen LogP contribution in [0, 0.1) is 11.7 Å². The molecular formula is C17H25FN2O5S. The van der Waals surface area contributed by atoms with Gasteiger partial charge >= 0.3 is 5.97 Å². The lowest BCUT2D eigenvalue weighted by molar-refractivity contribution is -0.142. The minimum Gasteiger partial charge on any atom is -0.480 e. The Bertz CT molecular complexity index is 719. The normalized spacial score (nSPS) is 13.0. The van der Waals surface area contributed by atoms with Crippen LogP contribution >= 0.6 is 0 Å². The second-order valence-electron chi connectivity index (χ2n) is 6.47. The van der Waals surface area contributed by atoms with E-state index in [1.165, 1.54) is 19.2 Å². The molecule has 0 aliphatic rings. The third-order valence-electron chi connectivity index (χ3n) is 3.74. The summed E-state index contributed by atoms with van der Waals surface area (Å²) in [5.41, 5.74) is 0. The Labute approximate surface area is 153 Å². The Morgan fingerprint density at radius 2 is 1.81 bits per heavy atom. The summed E-state index contributed by atoms with van der Waals surface area (Å²) in [6, 6.07) is 3.53. The van der Waals surface area contributed by atoms with E-state index in [9.17, 15) is 22.4 Å². The fourth-order valence-electron chi connectivity index (χ4n) is 2.33. The third-order valence-corrected chi connectivity index (χ3v) is 5.61. The lowest BCUT2D eigenvalue weighted by Crippen LogP contribution is -2.41. The Morgan fingerprint density at radius 1 is 1.23 bits per heavy atom. The number of carbonyl (C=O) groups excluding carboxylic acids is 1. The zero-order chi connectivity index (χ0) is 19.9. The molecule has 9 heteroatoms. The first-order valence-corrected chi connectivity index (χ1v) is 9.72.